The molecule has 0 aliphatic carbocycles. The maximum Gasteiger partial charge on any atom is 0.350 e. The van der Waals surface area contributed by atoms with E-state index in [1.165, 1.54) is 12.8 Å². The van der Waals surface area contributed by atoms with Gasteiger partial charge in [0.1, 0.15) is 0 Å². The summed E-state index contributed by atoms with van der Waals surface area (Å²) in [5, 5.41) is 7.90. The zero-order valence-corrected chi connectivity index (χ0v) is 12.5. The number of hydrogen-bond donors (Lipinski definition) is 1. The molecule has 114 valence electrons. The van der Waals surface area contributed by atoms with Crippen molar-refractivity contribution >= 4 is 5.65 Å². The molecule has 3 heterocycles. The molecule has 21 heavy (non-hydrogen) atoms. The molecule has 0 aromatic carbocycles. The first kappa shape index (κ1) is 14.3. The maximum atomic E-state index is 12.2. The van der Waals surface area contributed by atoms with Gasteiger partial charge in [0.2, 0.25) is 0 Å². The molecule has 1 fully saturated rings. The van der Waals surface area contributed by atoms with Crippen molar-refractivity contribution in [1.29, 1.82) is 0 Å². The van der Waals surface area contributed by atoms with Gasteiger partial charge in [-0.25, -0.2) is 9.48 Å². The van der Waals surface area contributed by atoms with Crippen LogP contribution >= 0.6 is 0 Å². The lowest BCUT2D eigenvalue weighted by atomic mass is 10.2. The van der Waals surface area contributed by atoms with E-state index in [2.05, 4.69) is 22.2 Å². The van der Waals surface area contributed by atoms with Gasteiger partial charge in [0, 0.05) is 25.3 Å². The van der Waals surface area contributed by atoms with Crippen LogP contribution < -0.4 is 11.0 Å². The highest BCUT2D eigenvalue weighted by atomic mass is 16.2. The van der Waals surface area contributed by atoms with Gasteiger partial charge < -0.3 is 10.2 Å². The van der Waals surface area contributed by atoms with E-state index in [1.807, 2.05) is 18.2 Å². The van der Waals surface area contributed by atoms with Crippen LogP contribution in [0.3, 0.4) is 0 Å². The minimum atomic E-state index is -0.0550. The van der Waals surface area contributed by atoms with Crippen molar-refractivity contribution < 1.29 is 0 Å². The Bertz CT molecular complexity index is 641. The molecule has 0 saturated carbocycles. The number of nitrogens with one attached hydrogen (secondary N) is 1. The van der Waals surface area contributed by atoms with Crippen molar-refractivity contribution in [3.8, 4) is 0 Å². The fourth-order valence-electron chi connectivity index (χ4n) is 2.95. The summed E-state index contributed by atoms with van der Waals surface area (Å²) in [6, 6.07) is 6.21. The van der Waals surface area contributed by atoms with Gasteiger partial charge in [-0.1, -0.05) is 13.0 Å². The third-order valence-electron chi connectivity index (χ3n) is 4.20. The third-order valence-corrected chi connectivity index (χ3v) is 4.20. The normalized spacial score (nSPS) is 18.9. The first-order chi connectivity index (χ1) is 10.3. The Labute approximate surface area is 124 Å². The Balaban J connectivity index is 1.64. The fourth-order valence-corrected chi connectivity index (χ4v) is 2.95. The standard InChI is InChI=1S/C15H23N5O/c1-2-18(12-13-6-5-8-16-13)10-11-20-15(21)19-9-4-3-7-14(19)17-20/h3-4,7,9,13,16H,2,5-6,8,10-12H2,1H3. The molecule has 0 spiro atoms. The van der Waals surface area contributed by atoms with Crippen LogP contribution in [-0.4, -0.2) is 51.3 Å². The van der Waals surface area contributed by atoms with Crippen molar-refractivity contribution in [3.63, 3.8) is 0 Å². The lowest BCUT2D eigenvalue weighted by Crippen LogP contribution is -2.39. The zero-order chi connectivity index (χ0) is 14.7. The average Bonchev–Trinajstić information content (AvgIpc) is 3.12. The molecule has 2 aromatic rings. The Morgan fingerprint density at radius 1 is 1.48 bits per heavy atom. The molecule has 6 heteroatoms. The van der Waals surface area contributed by atoms with Crippen LogP contribution in [0.15, 0.2) is 29.2 Å². The quantitative estimate of drug-likeness (QED) is 0.845. The van der Waals surface area contributed by atoms with E-state index in [-0.39, 0.29) is 5.69 Å². The van der Waals surface area contributed by atoms with Gasteiger partial charge in [-0.05, 0) is 38.1 Å². The molecule has 0 radical (unpaired) electrons. The summed E-state index contributed by atoms with van der Waals surface area (Å²) in [4.78, 5) is 14.6. The number of hydrogen-bond acceptors (Lipinski definition) is 4. The van der Waals surface area contributed by atoms with Gasteiger partial charge in [-0.15, -0.1) is 5.10 Å². The molecular formula is C15H23N5O. The predicted molar refractivity (Wildman–Crippen MR) is 82.6 cm³/mol. The Morgan fingerprint density at radius 3 is 3.10 bits per heavy atom. The van der Waals surface area contributed by atoms with E-state index < -0.39 is 0 Å². The van der Waals surface area contributed by atoms with Crippen LogP contribution in [0, 0.1) is 0 Å². The topological polar surface area (TPSA) is 54.6 Å². The van der Waals surface area contributed by atoms with Gasteiger partial charge in [0.05, 0.1) is 6.54 Å². The summed E-state index contributed by atoms with van der Waals surface area (Å²) < 4.78 is 3.16. The molecule has 3 rings (SSSR count). The monoisotopic (exact) mass is 289 g/mol. The molecule has 0 amide bonds. The fraction of sp³-hybridized carbons (Fsp3) is 0.600. The number of rotatable bonds is 6. The average molecular weight is 289 g/mol. The van der Waals surface area contributed by atoms with Gasteiger partial charge >= 0.3 is 5.69 Å². The van der Waals surface area contributed by atoms with Crippen LogP contribution in [0.2, 0.25) is 0 Å². The molecule has 1 aliphatic heterocycles. The molecule has 1 unspecified atom stereocenters. The van der Waals surface area contributed by atoms with Crippen molar-refractivity contribution in [2.24, 2.45) is 0 Å². The molecule has 0 bridgehead atoms. The third kappa shape index (κ3) is 3.16. The second-order valence-corrected chi connectivity index (χ2v) is 5.62. The number of fused-ring (bicyclic) bond motifs is 1. The number of aromatic nitrogens is 3. The minimum Gasteiger partial charge on any atom is -0.313 e. The van der Waals surface area contributed by atoms with E-state index in [1.54, 1.807) is 15.3 Å². The van der Waals surface area contributed by atoms with Crippen LogP contribution in [0.4, 0.5) is 0 Å². The van der Waals surface area contributed by atoms with E-state index in [9.17, 15) is 4.79 Å². The molecule has 1 N–H and O–H groups in total. The van der Waals surface area contributed by atoms with Crippen molar-refractivity contribution in [3.05, 3.63) is 34.9 Å². The summed E-state index contributed by atoms with van der Waals surface area (Å²) in [6.45, 7) is 6.86. The highest BCUT2D eigenvalue weighted by Gasteiger charge is 2.17. The molecule has 6 nitrogen and oxygen atoms in total. The molecular weight excluding hydrogens is 266 g/mol. The summed E-state index contributed by atoms with van der Waals surface area (Å²) in [7, 11) is 0. The SMILES string of the molecule is CCN(CCn1nc2ccccn2c1=O)CC1CCCN1. The van der Waals surface area contributed by atoms with Crippen LogP contribution in [-0.2, 0) is 6.54 Å². The lowest BCUT2D eigenvalue weighted by Gasteiger charge is -2.23. The highest BCUT2D eigenvalue weighted by molar-refractivity contribution is 5.35. The Kier molecular flexibility index (Phi) is 4.36. The van der Waals surface area contributed by atoms with E-state index in [0.717, 1.165) is 26.2 Å². The molecule has 1 saturated heterocycles. The Hall–Kier alpha value is -1.66. The summed E-state index contributed by atoms with van der Waals surface area (Å²) in [6.07, 6.45) is 4.29. The largest absolute Gasteiger partial charge is 0.350 e. The van der Waals surface area contributed by atoms with Crippen molar-refractivity contribution in [1.82, 2.24) is 24.4 Å². The first-order valence-corrected chi connectivity index (χ1v) is 7.78. The lowest BCUT2D eigenvalue weighted by molar-refractivity contribution is 0.247. The molecule has 1 aliphatic rings. The minimum absolute atomic E-state index is 0.0550. The van der Waals surface area contributed by atoms with E-state index in [0.29, 0.717) is 18.2 Å². The molecule has 2 aromatic heterocycles. The number of nitrogens with zero attached hydrogens (tertiary/aromatic N) is 4. The smallest absolute Gasteiger partial charge is 0.313 e. The number of likely N-dealkylation sites (N-methyl/N-ethyl adjacent to an activating group) is 1. The van der Waals surface area contributed by atoms with Gasteiger partial charge in [-0.2, -0.15) is 0 Å². The van der Waals surface area contributed by atoms with Crippen LogP contribution in [0.1, 0.15) is 19.8 Å². The molecule has 1 atom stereocenters. The van der Waals surface area contributed by atoms with Crippen LogP contribution in [0.25, 0.3) is 5.65 Å². The second kappa shape index (κ2) is 6.41. The van der Waals surface area contributed by atoms with E-state index in [4.69, 9.17) is 0 Å². The summed E-state index contributed by atoms with van der Waals surface area (Å²) in [5.74, 6) is 0. The number of pyridine rings is 1. The predicted octanol–water partition coefficient (Wildman–Crippen LogP) is 0.570. The van der Waals surface area contributed by atoms with Crippen molar-refractivity contribution in [2.75, 3.05) is 26.2 Å². The summed E-state index contributed by atoms with van der Waals surface area (Å²) in [5.41, 5.74) is 0.656. The zero-order valence-electron chi connectivity index (χ0n) is 12.5. The van der Waals surface area contributed by atoms with Crippen molar-refractivity contribution in [2.45, 2.75) is 32.4 Å². The maximum absolute atomic E-state index is 12.2. The Morgan fingerprint density at radius 2 is 2.38 bits per heavy atom. The first-order valence-electron chi connectivity index (χ1n) is 7.78. The van der Waals surface area contributed by atoms with Gasteiger partial charge in [-0.3, -0.25) is 4.40 Å². The second-order valence-electron chi connectivity index (χ2n) is 5.62. The van der Waals surface area contributed by atoms with E-state index >= 15 is 0 Å². The van der Waals surface area contributed by atoms with Gasteiger partial charge in [0.25, 0.3) is 0 Å². The highest BCUT2D eigenvalue weighted by Crippen LogP contribution is 2.06. The summed E-state index contributed by atoms with van der Waals surface area (Å²) >= 11 is 0. The van der Waals surface area contributed by atoms with Crippen LogP contribution in [0.5, 0.6) is 0 Å². The van der Waals surface area contributed by atoms with Gasteiger partial charge in [0.15, 0.2) is 5.65 Å².